The Kier molecular flexibility index (Phi) is 3.34. The zero-order chi connectivity index (χ0) is 10.7. The second-order valence-corrected chi connectivity index (χ2v) is 3.94. The topological polar surface area (TPSA) is 24.1 Å². The number of hydrogen-bond acceptors (Lipinski definition) is 2. The van der Waals surface area contributed by atoms with Crippen molar-refractivity contribution in [3.63, 3.8) is 0 Å². The van der Waals surface area contributed by atoms with Crippen molar-refractivity contribution in [1.82, 2.24) is 10.6 Å². The summed E-state index contributed by atoms with van der Waals surface area (Å²) < 4.78 is 13.5. The van der Waals surface area contributed by atoms with Crippen LogP contribution in [0.1, 0.15) is 24.0 Å². The second kappa shape index (κ2) is 4.73. The van der Waals surface area contributed by atoms with E-state index in [1.165, 1.54) is 6.07 Å². The number of halogens is 1. The molecule has 1 atom stereocenters. The molecule has 1 aromatic carbocycles. The van der Waals surface area contributed by atoms with Gasteiger partial charge in [0.15, 0.2) is 0 Å². The van der Waals surface area contributed by atoms with Crippen LogP contribution in [-0.4, -0.2) is 19.6 Å². The molecule has 2 nitrogen and oxygen atoms in total. The van der Waals surface area contributed by atoms with E-state index in [0.717, 1.165) is 30.8 Å². The van der Waals surface area contributed by atoms with Gasteiger partial charge in [-0.1, -0.05) is 19.1 Å². The number of likely N-dealkylation sites (N-methyl/N-ethyl adjacent to an activating group) is 1. The number of rotatable bonds is 3. The number of benzene rings is 1. The molecule has 0 bridgehead atoms. The van der Waals surface area contributed by atoms with Crippen LogP contribution >= 0.6 is 0 Å². The van der Waals surface area contributed by atoms with Crippen molar-refractivity contribution in [1.29, 1.82) is 0 Å². The average molecular weight is 208 g/mol. The van der Waals surface area contributed by atoms with E-state index in [1.54, 1.807) is 6.07 Å². The van der Waals surface area contributed by atoms with E-state index in [9.17, 15) is 4.39 Å². The Labute approximate surface area is 89.9 Å². The molecule has 1 aliphatic rings. The van der Waals surface area contributed by atoms with Crippen molar-refractivity contribution in [2.45, 2.75) is 19.4 Å². The summed E-state index contributed by atoms with van der Waals surface area (Å²) in [5.74, 6) is 0.311. The lowest BCUT2D eigenvalue weighted by atomic mass is 9.90. The predicted octanol–water partition coefficient (Wildman–Crippen LogP) is 1.62. The van der Waals surface area contributed by atoms with Crippen molar-refractivity contribution in [3.05, 3.63) is 35.1 Å². The maximum absolute atomic E-state index is 13.5. The van der Waals surface area contributed by atoms with Crippen LogP contribution < -0.4 is 10.6 Å². The molecule has 0 saturated heterocycles. The van der Waals surface area contributed by atoms with Crippen LogP contribution in [0.25, 0.3) is 0 Å². The quantitative estimate of drug-likeness (QED) is 0.788. The van der Waals surface area contributed by atoms with E-state index in [2.05, 4.69) is 17.6 Å². The first-order valence-corrected chi connectivity index (χ1v) is 5.51. The van der Waals surface area contributed by atoms with E-state index in [4.69, 9.17) is 0 Å². The van der Waals surface area contributed by atoms with Crippen LogP contribution in [0, 0.1) is 5.82 Å². The lowest BCUT2D eigenvalue weighted by Gasteiger charge is -2.26. The lowest BCUT2D eigenvalue weighted by Crippen LogP contribution is -2.34. The Morgan fingerprint density at radius 1 is 1.53 bits per heavy atom. The molecule has 0 amide bonds. The number of hydrogen-bond donors (Lipinski definition) is 2. The SMILES string of the molecule is CCNCC1CNCc2c(F)cccc21. The summed E-state index contributed by atoms with van der Waals surface area (Å²) in [6.45, 7) is 5.55. The summed E-state index contributed by atoms with van der Waals surface area (Å²) in [6, 6.07) is 5.38. The standard InChI is InChI=1S/C12H17FN2/c1-2-14-6-9-7-15-8-11-10(9)4-3-5-12(11)13/h3-5,9,14-15H,2,6-8H2,1H3. The zero-order valence-corrected chi connectivity index (χ0v) is 9.02. The van der Waals surface area contributed by atoms with Crippen LogP contribution in [0.5, 0.6) is 0 Å². The van der Waals surface area contributed by atoms with Crippen molar-refractivity contribution in [2.75, 3.05) is 19.6 Å². The third kappa shape index (κ3) is 2.19. The second-order valence-electron chi connectivity index (χ2n) is 3.94. The van der Waals surface area contributed by atoms with Crippen LogP contribution in [0.2, 0.25) is 0 Å². The molecule has 0 spiro atoms. The molecule has 3 heteroatoms. The molecular weight excluding hydrogens is 191 g/mol. The van der Waals surface area contributed by atoms with E-state index in [1.807, 2.05) is 6.07 Å². The highest BCUT2D eigenvalue weighted by Gasteiger charge is 2.21. The molecule has 1 aromatic rings. The van der Waals surface area contributed by atoms with Gasteiger partial charge in [-0.15, -0.1) is 0 Å². The van der Waals surface area contributed by atoms with E-state index >= 15 is 0 Å². The minimum absolute atomic E-state index is 0.0822. The molecule has 1 unspecified atom stereocenters. The van der Waals surface area contributed by atoms with Gasteiger partial charge in [-0.2, -0.15) is 0 Å². The van der Waals surface area contributed by atoms with Gasteiger partial charge in [-0.05, 0) is 18.2 Å². The Balaban J connectivity index is 2.22. The first-order valence-electron chi connectivity index (χ1n) is 5.51. The van der Waals surface area contributed by atoms with Crippen LogP contribution in [-0.2, 0) is 6.54 Å². The predicted molar refractivity (Wildman–Crippen MR) is 59.4 cm³/mol. The van der Waals surface area contributed by atoms with Gasteiger partial charge in [-0.25, -0.2) is 4.39 Å². The summed E-state index contributed by atoms with van der Waals surface area (Å²) in [5, 5.41) is 6.58. The first kappa shape index (κ1) is 10.6. The molecule has 0 aromatic heterocycles. The molecule has 1 aliphatic heterocycles. The van der Waals surface area contributed by atoms with Crippen molar-refractivity contribution >= 4 is 0 Å². The maximum Gasteiger partial charge on any atom is 0.127 e. The Morgan fingerprint density at radius 3 is 3.20 bits per heavy atom. The molecule has 0 radical (unpaired) electrons. The third-order valence-corrected chi connectivity index (χ3v) is 2.93. The van der Waals surface area contributed by atoms with Crippen LogP contribution in [0.15, 0.2) is 18.2 Å². The van der Waals surface area contributed by atoms with Crippen LogP contribution in [0.4, 0.5) is 4.39 Å². The van der Waals surface area contributed by atoms with Gasteiger partial charge in [0.05, 0.1) is 0 Å². The van der Waals surface area contributed by atoms with Gasteiger partial charge in [0.25, 0.3) is 0 Å². The average Bonchev–Trinajstić information content (AvgIpc) is 2.27. The van der Waals surface area contributed by atoms with E-state index < -0.39 is 0 Å². The van der Waals surface area contributed by atoms with Gasteiger partial charge < -0.3 is 10.6 Å². The molecule has 82 valence electrons. The molecular formula is C12H17FN2. The maximum atomic E-state index is 13.5. The fourth-order valence-corrected chi connectivity index (χ4v) is 2.13. The minimum atomic E-state index is -0.0822. The van der Waals surface area contributed by atoms with Crippen molar-refractivity contribution < 1.29 is 4.39 Å². The van der Waals surface area contributed by atoms with Gasteiger partial charge >= 0.3 is 0 Å². The number of nitrogens with one attached hydrogen (secondary N) is 2. The molecule has 2 rings (SSSR count). The fraction of sp³-hybridized carbons (Fsp3) is 0.500. The van der Waals surface area contributed by atoms with Gasteiger partial charge in [0, 0.05) is 31.1 Å². The summed E-state index contributed by atoms with van der Waals surface area (Å²) in [7, 11) is 0. The van der Waals surface area contributed by atoms with E-state index in [0.29, 0.717) is 12.5 Å². The van der Waals surface area contributed by atoms with Crippen molar-refractivity contribution in [2.24, 2.45) is 0 Å². The van der Waals surface area contributed by atoms with Gasteiger partial charge in [0.2, 0.25) is 0 Å². The summed E-state index contributed by atoms with van der Waals surface area (Å²) in [5.41, 5.74) is 2.00. The highest BCUT2D eigenvalue weighted by atomic mass is 19.1. The third-order valence-electron chi connectivity index (χ3n) is 2.93. The summed E-state index contributed by atoms with van der Waals surface area (Å²) >= 11 is 0. The van der Waals surface area contributed by atoms with Crippen LogP contribution in [0.3, 0.4) is 0 Å². The molecule has 1 heterocycles. The molecule has 0 aliphatic carbocycles. The van der Waals surface area contributed by atoms with Crippen molar-refractivity contribution in [3.8, 4) is 0 Å². The first-order chi connectivity index (χ1) is 7.33. The highest BCUT2D eigenvalue weighted by molar-refractivity contribution is 5.34. The van der Waals surface area contributed by atoms with Gasteiger partial charge in [-0.3, -0.25) is 0 Å². The Bertz CT molecular complexity index is 338. The molecule has 15 heavy (non-hydrogen) atoms. The zero-order valence-electron chi connectivity index (χ0n) is 9.02. The number of fused-ring (bicyclic) bond motifs is 1. The normalized spacial score (nSPS) is 20.0. The summed E-state index contributed by atoms with van der Waals surface area (Å²) in [6.07, 6.45) is 0. The van der Waals surface area contributed by atoms with E-state index in [-0.39, 0.29) is 5.82 Å². The molecule has 0 saturated carbocycles. The Hall–Kier alpha value is -0.930. The smallest absolute Gasteiger partial charge is 0.127 e. The minimum Gasteiger partial charge on any atom is -0.316 e. The van der Waals surface area contributed by atoms with Gasteiger partial charge in [0.1, 0.15) is 5.82 Å². The highest BCUT2D eigenvalue weighted by Crippen LogP contribution is 2.25. The largest absolute Gasteiger partial charge is 0.316 e. The lowest BCUT2D eigenvalue weighted by molar-refractivity contribution is 0.489. The molecule has 0 fully saturated rings. The molecule has 2 N–H and O–H groups in total. The monoisotopic (exact) mass is 208 g/mol. The summed E-state index contributed by atoms with van der Waals surface area (Å²) in [4.78, 5) is 0. The fourth-order valence-electron chi connectivity index (χ4n) is 2.13. The Morgan fingerprint density at radius 2 is 2.40 bits per heavy atom.